The first-order valence-corrected chi connectivity index (χ1v) is 22.2. The number of amides is 3. The number of nitrogens with zero attached hydrogens (tertiary/aromatic N) is 3. The summed E-state index contributed by atoms with van der Waals surface area (Å²) in [5.41, 5.74) is 8.34. The quantitative estimate of drug-likeness (QED) is 0.194. The largest absolute Gasteiger partial charge is 0.508 e. The van der Waals surface area contributed by atoms with Gasteiger partial charge in [0.15, 0.2) is 0 Å². The zero-order valence-corrected chi connectivity index (χ0v) is 34.1. The van der Waals surface area contributed by atoms with Crippen LogP contribution in [-0.4, -0.2) is 78.0 Å². The minimum Gasteiger partial charge on any atom is -0.508 e. The van der Waals surface area contributed by atoms with E-state index >= 15 is 4.39 Å². The lowest BCUT2D eigenvalue weighted by molar-refractivity contribution is -0.136. The second-order valence-corrected chi connectivity index (χ2v) is 19.1. The van der Waals surface area contributed by atoms with E-state index in [9.17, 15) is 19.5 Å². The molecule has 1 unspecified atom stereocenters. The van der Waals surface area contributed by atoms with Crippen molar-refractivity contribution in [2.75, 3.05) is 44.2 Å². The molecule has 10 heteroatoms. The Kier molecular flexibility index (Phi) is 9.10. The van der Waals surface area contributed by atoms with E-state index in [2.05, 4.69) is 51.5 Å². The molecule has 11 rings (SSSR count). The summed E-state index contributed by atoms with van der Waals surface area (Å²) in [6, 6.07) is 25.6. The SMILES string of the molecule is O=C1CCC(N2Cc3c(ccc4c3OCC43CCN(CC4CC5(CCN(c6ccc([C@@H]7c8ccc(O)cc8CC[C@@H]7c7ccccc7)cc6F)CC5)C4)CC3)C2=O)C(=O)N1. The van der Waals surface area contributed by atoms with Gasteiger partial charge in [-0.3, -0.25) is 19.7 Å². The number of fused-ring (bicyclic) bond motifs is 5. The van der Waals surface area contributed by atoms with Gasteiger partial charge >= 0.3 is 0 Å². The molecule has 3 amide bonds. The van der Waals surface area contributed by atoms with Gasteiger partial charge in [-0.1, -0.05) is 48.5 Å². The lowest BCUT2D eigenvalue weighted by Crippen LogP contribution is -2.52. The summed E-state index contributed by atoms with van der Waals surface area (Å²) in [5.74, 6) is 1.10. The Balaban J connectivity index is 0.695. The number of ether oxygens (including phenoxy) is 1. The third-order valence-electron chi connectivity index (χ3n) is 15.8. The average molecular weight is 809 g/mol. The number of hydrogen-bond acceptors (Lipinski definition) is 7. The maximum absolute atomic E-state index is 16.2. The highest BCUT2D eigenvalue weighted by Crippen LogP contribution is 2.55. The Morgan fingerprint density at radius 3 is 2.40 bits per heavy atom. The third-order valence-corrected chi connectivity index (χ3v) is 15.8. The van der Waals surface area contributed by atoms with Gasteiger partial charge in [-0.15, -0.1) is 0 Å². The van der Waals surface area contributed by atoms with Crippen molar-refractivity contribution in [2.24, 2.45) is 11.3 Å². The summed E-state index contributed by atoms with van der Waals surface area (Å²) in [6.45, 7) is 5.90. The fourth-order valence-electron chi connectivity index (χ4n) is 12.6. The van der Waals surface area contributed by atoms with Crippen LogP contribution in [0.1, 0.15) is 113 Å². The van der Waals surface area contributed by atoms with Crippen molar-refractivity contribution in [1.82, 2.24) is 15.1 Å². The molecule has 9 nitrogen and oxygen atoms in total. The number of carbonyl (C=O) groups excluding carboxylic acids is 3. The number of halogens is 1. The van der Waals surface area contributed by atoms with E-state index in [4.69, 9.17) is 4.74 Å². The number of imide groups is 1. The second-order valence-electron chi connectivity index (χ2n) is 19.1. The smallest absolute Gasteiger partial charge is 0.255 e. The van der Waals surface area contributed by atoms with Crippen LogP contribution in [0.4, 0.5) is 10.1 Å². The first-order chi connectivity index (χ1) is 29.2. The lowest BCUT2D eigenvalue weighted by Gasteiger charge is -2.54. The van der Waals surface area contributed by atoms with Crippen molar-refractivity contribution in [1.29, 1.82) is 0 Å². The number of nitrogens with one attached hydrogen (secondary N) is 1. The Bertz CT molecular complexity index is 2380. The predicted molar refractivity (Wildman–Crippen MR) is 226 cm³/mol. The highest BCUT2D eigenvalue weighted by molar-refractivity contribution is 6.05. The normalized spacial score (nSPS) is 25.8. The van der Waals surface area contributed by atoms with Crippen LogP contribution in [0.15, 0.2) is 78.9 Å². The van der Waals surface area contributed by atoms with Crippen LogP contribution >= 0.6 is 0 Å². The molecule has 4 aromatic rings. The molecule has 0 radical (unpaired) electrons. The number of aromatic hydroxyl groups is 1. The molecule has 4 fully saturated rings. The summed E-state index contributed by atoms with van der Waals surface area (Å²) in [7, 11) is 0. The molecule has 5 heterocycles. The molecule has 2 aliphatic carbocycles. The first-order valence-electron chi connectivity index (χ1n) is 22.2. The molecule has 310 valence electrons. The van der Waals surface area contributed by atoms with Gasteiger partial charge in [0.25, 0.3) is 5.91 Å². The van der Waals surface area contributed by atoms with Crippen LogP contribution in [0.3, 0.4) is 0 Å². The Labute approximate surface area is 350 Å². The monoisotopic (exact) mass is 808 g/mol. The van der Waals surface area contributed by atoms with Crippen molar-refractivity contribution in [3.63, 3.8) is 0 Å². The maximum Gasteiger partial charge on any atom is 0.255 e. The number of phenols is 1. The van der Waals surface area contributed by atoms with E-state index in [-0.39, 0.29) is 47.1 Å². The maximum atomic E-state index is 16.2. The van der Waals surface area contributed by atoms with Crippen molar-refractivity contribution in [3.05, 3.63) is 124 Å². The van der Waals surface area contributed by atoms with Crippen molar-refractivity contribution < 1.29 is 28.6 Å². The summed E-state index contributed by atoms with van der Waals surface area (Å²) < 4.78 is 22.6. The molecule has 2 spiro atoms. The highest BCUT2D eigenvalue weighted by atomic mass is 19.1. The predicted octanol–water partition coefficient (Wildman–Crippen LogP) is 7.58. The summed E-state index contributed by atoms with van der Waals surface area (Å²) in [4.78, 5) is 44.3. The fraction of sp³-hybridized carbons (Fsp3) is 0.460. The second kappa shape index (κ2) is 14.5. The number of rotatable bonds is 6. The minimum atomic E-state index is -0.631. The van der Waals surface area contributed by atoms with Crippen molar-refractivity contribution in [2.45, 2.75) is 94.0 Å². The van der Waals surface area contributed by atoms with Crippen LogP contribution in [0, 0.1) is 17.2 Å². The molecule has 3 atom stereocenters. The fourth-order valence-corrected chi connectivity index (χ4v) is 12.6. The Morgan fingerprint density at radius 2 is 1.63 bits per heavy atom. The number of phenolic OH excluding ortho intramolecular Hbond substituents is 1. The first kappa shape index (κ1) is 37.8. The molecule has 4 aromatic carbocycles. The lowest BCUT2D eigenvalue weighted by atomic mass is 9.57. The van der Waals surface area contributed by atoms with E-state index in [1.165, 1.54) is 29.5 Å². The highest BCUT2D eigenvalue weighted by Gasteiger charge is 2.50. The van der Waals surface area contributed by atoms with Crippen molar-refractivity contribution >= 4 is 23.4 Å². The molecule has 0 bridgehead atoms. The van der Waals surface area contributed by atoms with Crippen LogP contribution in [-0.2, 0) is 28.0 Å². The molecule has 3 saturated heterocycles. The van der Waals surface area contributed by atoms with Gasteiger partial charge in [0.05, 0.1) is 18.8 Å². The molecular weight excluding hydrogens is 756 g/mol. The van der Waals surface area contributed by atoms with E-state index in [1.54, 1.807) is 17.0 Å². The molecule has 0 aromatic heterocycles. The summed E-state index contributed by atoms with van der Waals surface area (Å²) in [5, 5.41) is 12.6. The van der Waals surface area contributed by atoms with Crippen LogP contribution in [0.2, 0.25) is 0 Å². The Hall–Kier alpha value is -5.22. The topological polar surface area (TPSA) is 102 Å². The van der Waals surface area contributed by atoms with Crippen LogP contribution < -0.4 is 15.0 Å². The molecule has 7 aliphatic rings. The van der Waals surface area contributed by atoms with E-state index in [0.29, 0.717) is 42.2 Å². The third kappa shape index (κ3) is 6.31. The van der Waals surface area contributed by atoms with Crippen molar-refractivity contribution in [3.8, 4) is 11.5 Å². The molecular formula is C50H53FN4O5. The van der Waals surface area contributed by atoms with E-state index < -0.39 is 11.9 Å². The molecule has 60 heavy (non-hydrogen) atoms. The number of carbonyl (C=O) groups is 3. The molecule has 5 aliphatic heterocycles. The van der Waals surface area contributed by atoms with Gasteiger partial charge in [-0.25, -0.2) is 4.39 Å². The van der Waals surface area contributed by atoms with Gasteiger partial charge in [0, 0.05) is 54.1 Å². The van der Waals surface area contributed by atoms with Crippen LogP contribution in [0.5, 0.6) is 11.5 Å². The number of likely N-dealkylation sites (tertiary alicyclic amines) is 1. The molecule has 1 saturated carbocycles. The summed E-state index contributed by atoms with van der Waals surface area (Å²) >= 11 is 0. The van der Waals surface area contributed by atoms with Gasteiger partial charge in [-0.2, -0.15) is 0 Å². The van der Waals surface area contributed by atoms with E-state index in [1.807, 2.05) is 30.3 Å². The number of piperidine rings is 3. The zero-order valence-electron chi connectivity index (χ0n) is 34.1. The van der Waals surface area contributed by atoms with Gasteiger partial charge in [0.1, 0.15) is 23.4 Å². The number of benzene rings is 4. The van der Waals surface area contributed by atoms with Gasteiger partial charge < -0.3 is 24.5 Å². The summed E-state index contributed by atoms with van der Waals surface area (Å²) in [6.07, 6.45) is 9.17. The standard InChI is InChI=1S/C50H53FN4O5/c51-41-25-34(45-36(32-4-2-1-3-5-32)9-6-33-24-35(56)8-10-37(33)45)7-13-42(41)54-22-16-49(17-23-54)26-31(27-49)28-53-20-18-50(19-21-53)30-60-46-39-29-55(43-14-15-44(57)52-47(43)58)48(59)38(39)11-12-40(46)50/h1-5,7-8,10-13,24-25,31,36,43,45,56H,6,9,14-23,26-30H2,(H,52,57,58)/t36-,43?,45+/m1/s1. The number of anilines is 1. The number of hydrogen-bond donors (Lipinski definition) is 2. The van der Waals surface area contributed by atoms with Gasteiger partial charge in [-0.05, 0) is 141 Å². The van der Waals surface area contributed by atoms with Gasteiger partial charge in [0.2, 0.25) is 11.8 Å². The molecule has 2 N–H and O–H groups in total. The number of aryl methyl sites for hydroxylation is 1. The van der Waals surface area contributed by atoms with Crippen LogP contribution in [0.25, 0.3) is 0 Å². The Morgan fingerprint density at radius 1 is 0.833 bits per heavy atom. The van der Waals surface area contributed by atoms with E-state index in [0.717, 1.165) is 93.7 Å². The zero-order chi connectivity index (χ0) is 40.8. The minimum absolute atomic E-state index is 0.0251. The average Bonchev–Trinajstić information content (AvgIpc) is 3.78.